The van der Waals surface area contributed by atoms with E-state index in [2.05, 4.69) is 21.9 Å². The first-order valence-corrected chi connectivity index (χ1v) is 8.72. The molecule has 2 aliphatic rings. The molecule has 3 heterocycles. The summed E-state index contributed by atoms with van der Waals surface area (Å²) in [5.74, 6) is 0.276. The second kappa shape index (κ2) is 6.79. The third kappa shape index (κ3) is 3.70. The first kappa shape index (κ1) is 16.7. The summed E-state index contributed by atoms with van der Waals surface area (Å²) < 4.78 is 1.90. The highest BCUT2D eigenvalue weighted by Crippen LogP contribution is 2.31. The summed E-state index contributed by atoms with van der Waals surface area (Å²) in [6.45, 7) is 5.82. The standard InChI is InChI=1S/C16H26ClN5O/c1-19-6-5-16(4-3-15(19)23)13-21(8-7-20(16)2)9-10-22-12-14(17)11-18-22/h11-12H,3-10,13H2,1-2H3/t16-/m1/s1. The zero-order valence-electron chi connectivity index (χ0n) is 14.0. The molecule has 1 amide bonds. The molecular weight excluding hydrogens is 314 g/mol. The lowest BCUT2D eigenvalue weighted by atomic mass is 9.86. The van der Waals surface area contributed by atoms with Gasteiger partial charge in [-0.05, 0) is 19.9 Å². The minimum atomic E-state index is 0.125. The third-order valence-electron chi connectivity index (χ3n) is 5.47. The summed E-state index contributed by atoms with van der Waals surface area (Å²) >= 11 is 5.92. The maximum absolute atomic E-state index is 12.0. The largest absolute Gasteiger partial charge is 0.346 e. The minimum absolute atomic E-state index is 0.125. The lowest BCUT2D eigenvalue weighted by molar-refractivity contribution is -0.129. The second-order valence-electron chi connectivity index (χ2n) is 6.91. The van der Waals surface area contributed by atoms with Crippen LogP contribution in [-0.2, 0) is 11.3 Å². The Morgan fingerprint density at radius 1 is 1.22 bits per heavy atom. The summed E-state index contributed by atoms with van der Waals surface area (Å²) in [5.41, 5.74) is 0.125. The molecule has 7 heteroatoms. The molecule has 2 aliphatic heterocycles. The predicted molar refractivity (Wildman–Crippen MR) is 90.5 cm³/mol. The van der Waals surface area contributed by atoms with Crippen molar-refractivity contribution in [2.45, 2.75) is 31.3 Å². The van der Waals surface area contributed by atoms with Crippen molar-refractivity contribution in [2.24, 2.45) is 0 Å². The molecule has 2 saturated heterocycles. The van der Waals surface area contributed by atoms with Crippen molar-refractivity contribution in [1.82, 2.24) is 24.5 Å². The molecule has 0 saturated carbocycles. The van der Waals surface area contributed by atoms with Gasteiger partial charge in [0, 0.05) is 57.9 Å². The summed E-state index contributed by atoms with van der Waals surface area (Å²) in [6.07, 6.45) is 6.21. The Morgan fingerprint density at radius 2 is 2.04 bits per heavy atom. The van der Waals surface area contributed by atoms with Gasteiger partial charge in [0.2, 0.25) is 5.91 Å². The quantitative estimate of drug-likeness (QED) is 0.829. The van der Waals surface area contributed by atoms with Gasteiger partial charge >= 0.3 is 0 Å². The van der Waals surface area contributed by atoms with Crippen LogP contribution in [0.5, 0.6) is 0 Å². The Balaban J connectivity index is 1.63. The van der Waals surface area contributed by atoms with Crippen molar-refractivity contribution in [3.63, 3.8) is 0 Å². The molecule has 6 nitrogen and oxygen atoms in total. The highest BCUT2D eigenvalue weighted by Gasteiger charge is 2.41. The fourth-order valence-electron chi connectivity index (χ4n) is 3.74. The van der Waals surface area contributed by atoms with Crippen LogP contribution >= 0.6 is 11.6 Å². The molecule has 1 aromatic rings. The summed E-state index contributed by atoms with van der Waals surface area (Å²) in [4.78, 5) is 18.9. The van der Waals surface area contributed by atoms with Crippen LogP contribution in [-0.4, -0.2) is 82.7 Å². The topological polar surface area (TPSA) is 44.6 Å². The van der Waals surface area contributed by atoms with Crippen LogP contribution in [0.15, 0.2) is 12.4 Å². The molecule has 1 spiro atoms. The number of likely N-dealkylation sites (tertiary alicyclic amines) is 1. The van der Waals surface area contributed by atoms with Gasteiger partial charge in [-0.25, -0.2) is 0 Å². The van der Waals surface area contributed by atoms with Crippen LogP contribution in [0.1, 0.15) is 19.3 Å². The number of likely N-dealkylation sites (N-methyl/N-ethyl adjacent to an activating group) is 1. The summed E-state index contributed by atoms with van der Waals surface area (Å²) in [6, 6.07) is 0. The lowest BCUT2D eigenvalue weighted by Crippen LogP contribution is -2.61. The van der Waals surface area contributed by atoms with Crippen molar-refractivity contribution in [1.29, 1.82) is 0 Å². The Morgan fingerprint density at radius 3 is 2.78 bits per heavy atom. The molecule has 23 heavy (non-hydrogen) atoms. The van der Waals surface area contributed by atoms with Gasteiger partial charge < -0.3 is 4.90 Å². The van der Waals surface area contributed by atoms with E-state index in [1.54, 1.807) is 6.20 Å². The number of rotatable bonds is 3. The monoisotopic (exact) mass is 339 g/mol. The summed E-state index contributed by atoms with van der Waals surface area (Å²) in [5, 5.41) is 4.94. The van der Waals surface area contributed by atoms with Gasteiger partial charge in [-0.15, -0.1) is 0 Å². The fraction of sp³-hybridized carbons (Fsp3) is 0.750. The van der Waals surface area contributed by atoms with Crippen LogP contribution in [0, 0.1) is 0 Å². The number of piperazine rings is 1. The average molecular weight is 340 g/mol. The van der Waals surface area contributed by atoms with Crippen LogP contribution in [0.3, 0.4) is 0 Å². The molecule has 128 valence electrons. The Labute approximate surface area is 143 Å². The van der Waals surface area contributed by atoms with E-state index in [0.29, 0.717) is 11.4 Å². The van der Waals surface area contributed by atoms with E-state index in [4.69, 9.17) is 11.6 Å². The number of carbonyl (C=O) groups is 1. The molecule has 1 aromatic heterocycles. The number of carbonyl (C=O) groups excluding carboxylic acids is 1. The van der Waals surface area contributed by atoms with E-state index in [9.17, 15) is 4.79 Å². The number of halogens is 1. The summed E-state index contributed by atoms with van der Waals surface area (Å²) in [7, 11) is 4.13. The van der Waals surface area contributed by atoms with E-state index < -0.39 is 0 Å². The lowest BCUT2D eigenvalue weighted by Gasteiger charge is -2.49. The molecule has 0 radical (unpaired) electrons. The zero-order chi connectivity index (χ0) is 16.4. The molecule has 1 atom stereocenters. The molecular formula is C16H26ClN5O. The molecule has 0 aliphatic carbocycles. The molecule has 3 rings (SSSR count). The van der Waals surface area contributed by atoms with Gasteiger partial charge in [0.1, 0.15) is 0 Å². The van der Waals surface area contributed by atoms with Crippen molar-refractivity contribution < 1.29 is 4.79 Å². The Bertz CT molecular complexity index is 562. The third-order valence-corrected chi connectivity index (χ3v) is 5.66. The second-order valence-corrected chi connectivity index (χ2v) is 7.35. The first-order valence-electron chi connectivity index (χ1n) is 8.34. The smallest absolute Gasteiger partial charge is 0.222 e. The fourth-order valence-corrected chi connectivity index (χ4v) is 3.89. The van der Waals surface area contributed by atoms with E-state index >= 15 is 0 Å². The Hall–Kier alpha value is -1.11. The van der Waals surface area contributed by atoms with Gasteiger partial charge in [-0.1, -0.05) is 11.6 Å². The molecule has 0 unspecified atom stereocenters. The van der Waals surface area contributed by atoms with Crippen molar-refractivity contribution in [3.05, 3.63) is 17.4 Å². The first-order chi connectivity index (χ1) is 11.0. The number of hydrogen-bond donors (Lipinski definition) is 0. The van der Waals surface area contributed by atoms with Gasteiger partial charge in [-0.2, -0.15) is 5.10 Å². The van der Waals surface area contributed by atoms with E-state index in [0.717, 1.165) is 52.1 Å². The number of aromatic nitrogens is 2. The van der Waals surface area contributed by atoms with E-state index in [-0.39, 0.29) is 11.4 Å². The van der Waals surface area contributed by atoms with E-state index in [1.807, 2.05) is 22.8 Å². The van der Waals surface area contributed by atoms with Gasteiger partial charge in [0.05, 0.1) is 17.8 Å². The molecule has 0 aromatic carbocycles. The van der Waals surface area contributed by atoms with Crippen molar-refractivity contribution in [3.8, 4) is 0 Å². The van der Waals surface area contributed by atoms with Crippen LogP contribution in [0.4, 0.5) is 0 Å². The highest BCUT2D eigenvalue weighted by molar-refractivity contribution is 6.30. The number of hydrogen-bond acceptors (Lipinski definition) is 4. The van der Waals surface area contributed by atoms with Crippen molar-refractivity contribution >= 4 is 17.5 Å². The number of nitrogens with zero attached hydrogens (tertiary/aromatic N) is 5. The average Bonchev–Trinajstić information content (AvgIpc) is 2.90. The normalized spacial score (nSPS) is 27.6. The van der Waals surface area contributed by atoms with Gasteiger partial charge in [0.15, 0.2) is 0 Å². The Kier molecular flexibility index (Phi) is 4.94. The van der Waals surface area contributed by atoms with Gasteiger partial charge in [0.25, 0.3) is 0 Å². The molecule has 2 fully saturated rings. The maximum Gasteiger partial charge on any atom is 0.222 e. The predicted octanol–water partition coefficient (Wildman–Crippen LogP) is 1.16. The van der Waals surface area contributed by atoms with Crippen LogP contribution in [0.25, 0.3) is 0 Å². The maximum atomic E-state index is 12.0. The molecule has 0 N–H and O–H groups in total. The van der Waals surface area contributed by atoms with E-state index in [1.165, 1.54) is 0 Å². The van der Waals surface area contributed by atoms with Crippen LogP contribution in [0.2, 0.25) is 5.02 Å². The number of amides is 1. The van der Waals surface area contributed by atoms with Crippen molar-refractivity contribution in [2.75, 3.05) is 46.8 Å². The molecule has 0 bridgehead atoms. The minimum Gasteiger partial charge on any atom is -0.346 e. The van der Waals surface area contributed by atoms with Gasteiger partial charge in [-0.3, -0.25) is 19.3 Å². The highest BCUT2D eigenvalue weighted by atomic mass is 35.5. The van der Waals surface area contributed by atoms with Crippen LogP contribution < -0.4 is 0 Å². The zero-order valence-corrected chi connectivity index (χ0v) is 14.8. The SMILES string of the molecule is CN1CC[C@]2(CCC1=O)CN(CCn1cc(Cl)cn1)CCN2C.